The zero-order valence-electron chi connectivity index (χ0n) is 11.2. The number of hydrogen-bond acceptors (Lipinski definition) is 3. The van der Waals surface area contributed by atoms with Crippen molar-refractivity contribution in [3.05, 3.63) is 0 Å². The Morgan fingerprint density at radius 3 is 2.67 bits per heavy atom. The van der Waals surface area contributed by atoms with Crippen molar-refractivity contribution in [1.82, 2.24) is 5.32 Å². The number of amides is 1. The summed E-state index contributed by atoms with van der Waals surface area (Å²) < 4.78 is 0. The fourth-order valence-electron chi connectivity index (χ4n) is 2.35. The number of rotatable bonds is 5. The van der Waals surface area contributed by atoms with Gasteiger partial charge in [0, 0.05) is 6.04 Å². The third-order valence-corrected chi connectivity index (χ3v) is 3.93. The second-order valence-corrected chi connectivity index (χ2v) is 5.32. The smallest absolute Gasteiger partial charge is 0.306 e. The molecule has 104 valence electrons. The van der Waals surface area contributed by atoms with Gasteiger partial charge in [-0.2, -0.15) is 0 Å². The number of hydrogen-bond donors (Lipinski definition) is 3. The van der Waals surface area contributed by atoms with E-state index in [-0.39, 0.29) is 23.8 Å². The SMILES string of the molecule is CCC(C)C(N)C(=O)NC1CCCC(C(=O)O)C1. The number of nitrogens with two attached hydrogens (primary N) is 1. The average Bonchev–Trinajstić information content (AvgIpc) is 2.37. The second kappa shape index (κ2) is 6.73. The molecule has 0 heterocycles. The zero-order chi connectivity index (χ0) is 13.7. The largest absolute Gasteiger partial charge is 0.481 e. The summed E-state index contributed by atoms with van der Waals surface area (Å²) in [5, 5.41) is 11.9. The Bertz CT molecular complexity index is 307. The predicted octanol–water partition coefficient (Wildman–Crippen LogP) is 1.12. The molecule has 1 fully saturated rings. The van der Waals surface area contributed by atoms with Crippen molar-refractivity contribution in [3.63, 3.8) is 0 Å². The third-order valence-electron chi connectivity index (χ3n) is 3.93. The lowest BCUT2D eigenvalue weighted by molar-refractivity contribution is -0.143. The highest BCUT2D eigenvalue weighted by atomic mass is 16.4. The molecule has 4 atom stereocenters. The van der Waals surface area contributed by atoms with E-state index in [4.69, 9.17) is 10.8 Å². The van der Waals surface area contributed by atoms with E-state index in [1.165, 1.54) is 0 Å². The van der Waals surface area contributed by atoms with Crippen molar-refractivity contribution in [2.75, 3.05) is 0 Å². The first-order valence-electron chi connectivity index (χ1n) is 6.74. The molecule has 5 heteroatoms. The predicted molar refractivity (Wildman–Crippen MR) is 69.0 cm³/mol. The molecule has 1 aliphatic rings. The zero-order valence-corrected chi connectivity index (χ0v) is 11.2. The second-order valence-electron chi connectivity index (χ2n) is 5.32. The molecule has 0 bridgehead atoms. The molecular weight excluding hydrogens is 232 g/mol. The molecule has 0 aromatic rings. The molecule has 0 radical (unpaired) electrons. The third kappa shape index (κ3) is 3.98. The topological polar surface area (TPSA) is 92.4 Å². The minimum atomic E-state index is -0.764. The molecule has 0 aliphatic heterocycles. The maximum atomic E-state index is 11.9. The first-order valence-corrected chi connectivity index (χ1v) is 6.74. The lowest BCUT2D eigenvalue weighted by Gasteiger charge is -2.29. The fourth-order valence-corrected chi connectivity index (χ4v) is 2.35. The summed E-state index contributed by atoms with van der Waals surface area (Å²) in [6.07, 6.45) is 3.79. The Morgan fingerprint density at radius 1 is 1.44 bits per heavy atom. The monoisotopic (exact) mass is 256 g/mol. The molecule has 0 spiro atoms. The molecule has 0 aromatic carbocycles. The number of nitrogens with one attached hydrogen (secondary N) is 1. The van der Waals surface area contributed by atoms with Gasteiger partial charge in [-0.25, -0.2) is 0 Å². The first kappa shape index (κ1) is 15.0. The summed E-state index contributed by atoms with van der Waals surface area (Å²) in [5.74, 6) is -1.10. The van der Waals surface area contributed by atoms with E-state index in [9.17, 15) is 9.59 Å². The van der Waals surface area contributed by atoms with Gasteiger partial charge in [-0.1, -0.05) is 26.7 Å². The van der Waals surface area contributed by atoms with Gasteiger partial charge in [0.1, 0.15) is 0 Å². The summed E-state index contributed by atoms with van der Waals surface area (Å²) in [5.41, 5.74) is 5.85. The first-order chi connectivity index (χ1) is 8.45. The standard InChI is InChI=1S/C13H24N2O3/c1-3-8(2)11(14)12(16)15-10-6-4-5-9(7-10)13(17)18/h8-11H,3-7,14H2,1-2H3,(H,15,16)(H,17,18). The number of carboxylic acid groups (broad SMARTS) is 1. The van der Waals surface area contributed by atoms with Gasteiger partial charge in [-0.3, -0.25) is 9.59 Å². The van der Waals surface area contributed by atoms with Crippen molar-refractivity contribution >= 4 is 11.9 Å². The Kier molecular flexibility index (Phi) is 5.59. The summed E-state index contributed by atoms with van der Waals surface area (Å²) >= 11 is 0. The van der Waals surface area contributed by atoms with E-state index >= 15 is 0 Å². The van der Waals surface area contributed by atoms with Gasteiger partial charge in [0.25, 0.3) is 0 Å². The highest BCUT2D eigenvalue weighted by Crippen LogP contribution is 2.24. The van der Waals surface area contributed by atoms with Crippen LogP contribution in [0.3, 0.4) is 0 Å². The summed E-state index contributed by atoms with van der Waals surface area (Å²) in [6, 6.07) is -0.539. The van der Waals surface area contributed by atoms with Gasteiger partial charge in [0.05, 0.1) is 12.0 Å². The number of carboxylic acids is 1. The van der Waals surface area contributed by atoms with Gasteiger partial charge in [0.15, 0.2) is 0 Å². The van der Waals surface area contributed by atoms with Crippen LogP contribution in [0, 0.1) is 11.8 Å². The van der Waals surface area contributed by atoms with Gasteiger partial charge in [-0.05, 0) is 25.2 Å². The van der Waals surface area contributed by atoms with E-state index in [1.807, 2.05) is 13.8 Å². The molecular formula is C13H24N2O3. The van der Waals surface area contributed by atoms with Crippen LogP contribution in [0.4, 0.5) is 0 Å². The quantitative estimate of drug-likeness (QED) is 0.687. The highest BCUT2D eigenvalue weighted by molar-refractivity contribution is 5.82. The van der Waals surface area contributed by atoms with Crippen molar-refractivity contribution in [3.8, 4) is 0 Å². The van der Waals surface area contributed by atoms with Crippen LogP contribution < -0.4 is 11.1 Å². The van der Waals surface area contributed by atoms with Gasteiger partial charge < -0.3 is 16.2 Å². The molecule has 4 unspecified atom stereocenters. The number of carbonyl (C=O) groups excluding carboxylic acids is 1. The van der Waals surface area contributed by atoms with Crippen LogP contribution in [0.1, 0.15) is 46.0 Å². The van der Waals surface area contributed by atoms with Crippen LogP contribution in [-0.4, -0.2) is 29.1 Å². The Morgan fingerprint density at radius 2 is 2.11 bits per heavy atom. The Labute approximate surface area is 108 Å². The molecule has 18 heavy (non-hydrogen) atoms. The molecule has 4 N–H and O–H groups in total. The lowest BCUT2D eigenvalue weighted by atomic mass is 9.85. The van der Waals surface area contributed by atoms with Crippen LogP contribution in [0.25, 0.3) is 0 Å². The number of aliphatic carboxylic acids is 1. The molecule has 5 nitrogen and oxygen atoms in total. The molecule has 1 rings (SSSR count). The van der Waals surface area contributed by atoms with Gasteiger partial charge in [0.2, 0.25) is 5.91 Å². The van der Waals surface area contributed by atoms with Gasteiger partial charge >= 0.3 is 5.97 Å². The summed E-state index contributed by atoms with van der Waals surface area (Å²) in [4.78, 5) is 22.8. The molecule has 1 saturated carbocycles. The van der Waals surface area contributed by atoms with Crippen LogP contribution in [-0.2, 0) is 9.59 Å². The lowest BCUT2D eigenvalue weighted by Crippen LogP contribution is -2.49. The number of carbonyl (C=O) groups is 2. The van der Waals surface area contributed by atoms with Gasteiger partial charge in [-0.15, -0.1) is 0 Å². The Balaban J connectivity index is 2.46. The van der Waals surface area contributed by atoms with E-state index in [2.05, 4.69) is 5.32 Å². The highest BCUT2D eigenvalue weighted by Gasteiger charge is 2.29. The maximum absolute atomic E-state index is 11.9. The molecule has 1 aliphatic carbocycles. The van der Waals surface area contributed by atoms with E-state index in [0.717, 1.165) is 19.3 Å². The van der Waals surface area contributed by atoms with Crippen LogP contribution in [0.15, 0.2) is 0 Å². The molecule has 0 saturated heterocycles. The van der Waals surface area contributed by atoms with E-state index < -0.39 is 12.0 Å². The average molecular weight is 256 g/mol. The maximum Gasteiger partial charge on any atom is 0.306 e. The Hall–Kier alpha value is -1.10. The van der Waals surface area contributed by atoms with Crippen molar-refractivity contribution in [2.45, 2.75) is 58.0 Å². The van der Waals surface area contributed by atoms with E-state index in [1.54, 1.807) is 0 Å². The summed E-state index contributed by atoms with van der Waals surface area (Å²) in [6.45, 7) is 3.95. The van der Waals surface area contributed by atoms with Crippen molar-refractivity contribution < 1.29 is 14.7 Å². The minimum absolute atomic E-state index is 0.0394. The van der Waals surface area contributed by atoms with Crippen LogP contribution >= 0.6 is 0 Å². The van der Waals surface area contributed by atoms with Crippen LogP contribution in [0.2, 0.25) is 0 Å². The summed E-state index contributed by atoms with van der Waals surface area (Å²) in [7, 11) is 0. The molecule has 0 aromatic heterocycles. The fraction of sp³-hybridized carbons (Fsp3) is 0.846. The van der Waals surface area contributed by atoms with Crippen LogP contribution in [0.5, 0.6) is 0 Å². The normalized spacial score (nSPS) is 27.3. The van der Waals surface area contributed by atoms with E-state index in [0.29, 0.717) is 12.8 Å². The van der Waals surface area contributed by atoms with Crippen molar-refractivity contribution in [2.24, 2.45) is 17.6 Å². The molecule has 1 amide bonds. The van der Waals surface area contributed by atoms with Crippen molar-refractivity contribution in [1.29, 1.82) is 0 Å². The minimum Gasteiger partial charge on any atom is -0.481 e.